The quantitative estimate of drug-likeness (QED) is 0.287. The number of rotatable bonds is 4. The molecule has 146 valence electrons. The molecule has 2 aromatic heterocycles. The molecular weight excluding hydrogens is 400 g/mol. The summed E-state index contributed by atoms with van der Waals surface area (Å²) in [5.41, 5.74) is 9.16. The molecule has 0 unspecified atom stereocenters. The smallest absolute Gasteiger partial charge is 0.240 e. The molecule has 0 saturated carbocycles. The lowest BCUT2D eigenvalue weighted by Crippen LogP contribution is -2.16. The zero-order valence-electron chi connectivity index (χ0n) is 15.5. The first-order valence-corrected chi connectivity index (χ1v) is 11.1. The van der Waals surface area contributed by atoms with E-state index in [0.717, 1.165) is 16.6 Å². The summed E-state index contributed by atoms with van der Waals surface area (Å²) < 4.78 is 0. The van der Waals surface area contributed by atoms with Crippen molar-refractivity contribution in [1.29, 1.82) is 0 Å². The molecule has 6 nitrogen and oxygen atoms in total. The number of hydrogen-bond donors (Lipinski definition) is 4. The van der Waals surface area contributed by atoms with Gasteiger partial charge in [-0.15, -0.1) is 23.1 Å². The van der Waals surface area contributed by atoms with Crippen LogP contribution >= 0.6 is 23.1 Å². The second-order valence-corrected chi connectivity index (χ2v) is 9.18. The van der Waals surface area contributed by atoms with E-state index in [2.05, 4.69) is 81.5 Å². The molecule has 0 bridgehead atoms. The number of thioether (sulfide) groups is 1. The summed E-state index contributed by atoms with van der Waals surface area (Å²) in [6.07, 6.45) is 0.904. The minimum atomic E-state index is 0.226. The van der Waals surface area contributed by atoms with E-state index in [1.807, 2.05) is 11.8 Å². The molecule has 5 rings (SSSR count). The largest absolute Gasteiger partial charge is 0.308 e. The van der Waals surface area contributed by atoms with Gasteiger partial charge in [0.1, 0.15) is 4.83 Å². The number of thiophene rings is 1. The lowest BCUT2D eigenvalue weighted by Gasteiger charge is -2.30. The molecule has 29 heavy (non-hydrogen) atoms. The van der Waals surface area contributed by atoms with Crippen LogP contribution in [0.5, 0.6) is 0 Å². The third kappa shape index (κ3) is 3.24. The van der Waals surface area contributed by atoms with E-state index in [4.69, 9.17) is 11.7 Å². The molecule has 8 heteroatoms. The molecule has 0 spiro atoms. The number of benzene rings is 2. The van der Waals surface area contributed by atoms with Crippen molar-refractivity contribution in [2.45, 2.75) is 16.9 Å². The third-order valence-corrected chi connectivity index (χ3v) is 8.04. The van der Waals surface area contributed by atoms with Gasteiger partial charge in [0.2, 0.25) is 5.95 Å². The first kappa shape index (κ1) is 18.4. The van der Waals surface area contributed by atoms with Crippen LogP contribution < -0.4 is 22.5 Å². The lowest BCUT2D eigenvalue weighted by molar-refractivity contribution is 0.894. The normalized spacial score (nSPS) is 18.4. The van der Waals surface area contributed by atoms with Gasteiger partial charge in [-0.3, -0.25) is 5.43 Å². The first-order valence-electron chi connectivity index (χ1n) is 9.30. The SMILES string of the molecule is NNc1nc(NN)c2c3c(sc2n1)[C@@H](c1ccccc1)S[C@@H](c1ccccc1)C3. The number of nitrogens with one attached hydrogen (secondary N) is 2. The van der Waals surface area contributed by atoms with Crippen LogP contribution in [-0.2, 0) is 6.42 Å². The van der Waals surface area contributed by atoms with Crippen molar-refractivity contribution >= 4 is 45.1 Å². The van der Waals surface area contributed by atoms with E-state index in [9.17, 15) is 0 Å². The summed E-state index contributed by atoms with van der Waals surface area (Å²) in [7, 11) is 0. The van der Waals surface area contributed by atoms with Crippen LogP contribution in [0.25, 0.3) is 10.2 Å². The van der Waals surface area contributed by atoms with Crippen LogP contribution in [0.1, 0.15) is 32.1 Å². The van der Waals surface area contributed by atoms with Gasteiger partial charge in [0, 0.05) is 10.1 Å². The number of hydrazine groups is 2. The van der Waals surface area contributed by atoms with E-state index < -0.39 is 0 Å². The van der Waals surface area contributed by atoms with Gasteiger partial charge in [0.05, 0.1) is 10.6 Å². The fourth-order valence-corrected chi connectivity index (χ4v) is 6.85. The number of anilines is 2. The summed E-state index contributed by atoms with van der Waals surface area (Å²) in [4.78, 5) is 11.2. The zero-order valence-corrected chi connectivity index (χ0v) is 17.1. The number of nitrogen functional groups attached to an aromatic ring is 2. The maximum atomic E-state index is 5.81. The van der Waals surface area contributed by atoms with E-state index in [0.29, 0.717) is 17.0 Å². The molecule has 0 fully saturated rings. The van der Waals surface area contributed by atoms with Crippen molar-refractivity contribution in [3.8, 4) is 0 Å². The van der Waals surface area contributed by atoms with Gasteiger partial charge in [0.25, 0.3) is 0 Å². The van der Waals surface area contributed by atoms with Gasteiger partial charge in [-0.05, 0) is 23.1 Å². The van der Waals surface area contributed by atoms with Gasteiger partial charge in [-0.25, -0.2) is 16.7 Å². The Morgan fingerprint density at radius 3 is 2.21 bits per heavy atom. The predicted molar refractivity (Wildman–Crippen MR) is 122 cm³/mol. The number of nitrogens with two attached hydrogens (primary N) is 2. The molecule has 3 heterocycles. The highest BCUT2D eigenvalue weighted by molar-refractivity contribution is 8.00. The predicted octanol–water partition coefficient (Wildman–Crippen LogP) is 4.38. The summed E-state index contributed by atoms with van der Waals surface area (Å²) >= 11 is 3.69. The minimum Gasteiger partial charge on any atom is -0.308 e. The molecule has 0 saturated heterocycles. The first-order chi connectivity index (χ1) is 14.3. The molecule has 2 atom stereocenters. The number of nitrogens with zero attached hydrogens (tertiary/aromatic N) is 2. The summed E-state index contributed by atoms with van der Waals surface area (Å²) in [6.45, 7) is 0. The van der Waals surface area contributed by atoms with Crippen LogP contribution in [0.4, 0.5) is 11.8 Å². The molecule has 0 amide bonds. The highest BCUT2D eigenvalue weighted by Crippen LogP contribution is 2.55. The lowest BCUT2D eigenvalue weighted by atomic mass is 9.98. The van der Waals surface area contributed by atoms with E-state index in [1.54, 1.807) is 11.3 Å². The zero-order chi connectivity index (χ0) is 19.8. The summed E-state index contributed by atoms with van der Waals surface area (Å²) in [6, 6.07) is 21.3. The van der Waals surface area contributed by atoms with Crippen molar-refractivity contribution < 1.29 is 0 Å². The van der Waals surface area contributed by atoms with Gasteiger partial charge < -0.3 is 5.43 Å². The highest BCUT2D eigenvalue weighted by atomic mass is 32.2. The minimum absolute atomic E-state index is 0.226. The Balaban J connectivity index is 1.72. The van der Waals surface area contributed by atoms with Crippen molar-refractivity contribution in [2.24, 2.45) is 11.7 Å². The fraction of sp³-hybridized carbons (Fsp3) is 0.143. The van der Waals surface area contributed by atoms with Crippen LogP contribution in [0, 0.1) is 0 Å². The Labute approximate surface area is 176 Å². The fourth-order valence-electron chi connectivity index (χ4n) is 3.84. The van der Waals surface area contributed by atoms with E-state index >= 15 is 0 Å². The molecule has 1 aliphatic rings. The molecule has 1 aliphatic heterocycles. The standard InChI is InChI=1S/C21H20N6S2/c22-26-19-16-14-11-15(12-7-3-1-4-8-12)28-17(13-9-5-2-6-10-13)18(14)29-20(16)25-21(24-19)27-23/h1-10,15,17H,11,22-23H2,(H2,24,25,26,27)/t15-,17-/m1/s1. The summed E-state index contributed by atoms with van der Waals surface area (Å²) in [5.74, 6) is 12.3. The Kier molecular flexibility index (Phi) is 4.84. The molecule has 2 aromatic carbocycles. The Hall–Kier alpha value is -2.65. The van der Waals surface area contributed by atoms with Crippen molar-refractivity contribution in [2.75, 3.05) is 10.9 Å². The van der Waals surface area contributed by atoms with Crippen LogP contribution in [-0.4, -0.2) is 9.97 Å². The topological polar surface area (TPSA) is 102 Å². The maximum Gasteiger partial charge on any atom is 0.240 e. The van der Waals surface area contributed by atoms with Gasteiger partial charge >= 0.3 is 0 Å². The molecule has 4 aromatic rings. The number of hydrogen-bond acceptors (Lipinski definition) is 8. The highest BCUT2D eigenvalue weighted by Gasteiger charge is 2.34. The van der Waals surface area contributed by atoms with Crippen LogP contribution in [0.3, 0.4) is 0 Å². The van der Waals surface area contributed by atoms with Crippen molar-refractivity contribution in [1.82, 2.24) is 9.97 Å². The molecular formula is C21H20N6S2. The second kappa shape index (κ2) is 7.64. The Morgan fingerprint density at radius 1 is 0.862 bits per heavy atom. The monoisotopic (exact) mass is 420 g/mol. The van der Waals surface area contributed by atoms with E-state index in [1.165, 1.54) is 21.6 Å². The maximum absolute atomic E-state index is 5.81. The third-order valence-electron chi connectivity index (χ3n) is 5.15. The van der Waals surface area contributed by atoms with Gasteiger partial charge in [-0.1, -0.05) is 60.7 Å². The van der Waals surface area contributed by atoms with Gasteiger partial charge in [-0.2, -0.15) is 4.98 Å². The number of aromatic nitrogens is 2. The van der Waals surface area contributed by atoms with Crippen LogP contribution in [0.2, 0.25) is 0 Å². The van der Waals surface area contributed by atoms with E-state index in [-0.39, 0.29) is 5.25 Å². The van der Waals surface area contributed by atoms with Crippen molar-refractivity contribution in [3.63, 3.8) is 0 Å². The average molecular weight is 421 g/mol. The number of fused-ring (bicyclic) bond motifs is 3. The Morgan fingerprint density at radius 2 is 1.55 bits per heavy atom. The van der Waals surface area contributed by atoms with Crippen LogP contribution in [0.15, 0.2) is 60.7 Å². The molecule has 6 N–H and O–H groups in total. The second-order valence-electron chi connectivity index (χ2n) is 6.84. The van der Waals surface area contributed by atoms with Gasteiger partial charge in [0.15, 0.2) is 5.82 Å². The summed E-state index contributed by atoms with van der Waals surface area (Å²) in [5, 5.41) is 1.56. The van der Waals surface area contributed by atoms with Crippen molar-refractivity contribution in [3.05, 3.63) is 82.2 Å². The molecule has 0 aliphatic carbocycles. The Bertz CT molecular complexity index is 1150. The molecule has 0 radical (unpaired) electrons. The average Bonchev–Trinajstić information content (AvgIpc) is 3.17.